The van der Waals surface area contributed by atoms with Gasteiger partial charge >= 0.3 is 0 Å². The Balaban J connectivity index is 1.53. The summed E-state index contributed by atoms with van der Waals surface area (Å²) in [4.78, 5) is 23.4. The first-order chi connectivity index (χ1) is 14.9. The molecule has 1 fully saturated rings. The molecule has 0 spiro atoms. The van der Waals surface area contributed by atoms with Crippen LogP contribution in [-0.2, 0) is 17.8 Å². The van der Waals surface area contributed by atoms with E-state index in [2.05, 4.69) is 15.3 Å². The van der Waals surface area contributed by atoms with Crippen LogP contribution in [0.1, 0.15) is 12.8 Å². The molecular weight excluding hydrogens is 425 g/mol. The van der Waals surface area contributed by atoms with Gasteiger partial charge in [-0.05, 0) is 31.0 Å². The van der Waals surface area contributed by atoms with Crippen molar-refractivity contribution in [1.29, 1.82) is 0 Å². The highest BCUT2D eigenvalue weighted by atomic mass is 32.2. The highest BCUT2D eigenvalue weighted by Gasteiger charge is 2.20. The summed E-state index contributed by atoms with van der Waals surface area (Å²) in [7, 11) is -0.848. The van der Waals surface area contributed by atoms with Gasteiger partial charge in [-0.25, -0.2) is 17.8 Å². The standard InChI is InChI=1S/C20H22FN5O4S/c1-25-18-13(10-17(19(25)27)30-16-5-3-2-4-15(16)21)11-22-20(24-18)23-14-6-8-26(9-7-14)12-31(28)29/h2-5,10-11,14,31H,6-9,12H2,1H3,(H,22,23,24). The molecular formula is C20H22FN5O4S. The summed E-state index contributed by atoms with van der Waals surface area (Å²) in [5, 5.41) is 3.84. The van der Waals surface area contributed by atoms with Crippen LogP contribution in [0.5, 0.6) is 11.5 Å². The first-order valence-electron chi connectivity index (χ1n) is 9.80. The molecule has 0 radical (unpaired) electrons. The van der Waals surface area contributed by atoms with Crippen molar-refractivity contribution in [3.05, 3.63) is 52.7 Å². The molecule has 1 saturated heterocycles. The number of aryl methyl sites for hydroxylation is 1. The summed E-state index contributed by atoms with van der Waals surface area (Å²) in [6.45, 7) is 1.34. The number of benzene rings is 1. The second kappa shape index (κ2) is 8.98. The fourth-order valence-corrected chi connectivity index (χ4v) is 4.18. The van der Waals surface area contributed by atoms with Gasteiger partial charge in [-0.15, -0.1) is 0 Å². The number of fused-ring (bicyclic) bond motifs is 1. The van der Waals surface area contributed by atoms with Gasteiger partial charge in [0.25, 0.3) is 5.56 Å². The van der Waals surface area contributed by atoms with E-state index in [1.54, 1.807) is 19.3 Å². The number of nitrogens with one attached hydrogen (secondary N) is 1. The summed E-state index contributed by atoms with van der Waals surface area (Å²) in [5.41, 5.74) is -0.0235. The molecule has 11 heteroatoms. The quantitative estimate of drug-likeness (QED) is 0.550. The average molecular weight is 447 g/mol. The molecule has 3 heterocycles. The molecule has 0 bridgehead atoms. The van der Waals surface area contributed by atoms with E-state index in [0.717, 1.165) is 12.8 Å². The third kappa shape index (κ3) is 4.83. The van der Waals surface area contributed by atoms with Crippen LogP contribution in [0.4, 0.5) is 10.3 Å². The summed E-state index contributed by atoms with van der Waals surface area (Å²) in [6.07, 6.45) is 3.10. The number of anilines is 1. The van der Waals surface area contributed by atoms with Crippen LogP contribution >= 0.6 is 0 Å². The number of ether oxygens (including phenoxy) is 1. The zero-order valence-corrected chi connectivity index (χ0v) is 17.7. The maximum absolute atomic E-state index is 13.9. The number of pyridine rings is 1. The second-order valence-corrected chi connectivity index (χ2v) is 8.34. The molecule has 2 aromatic heterocycles. The Hall–Kier alpha value is -3.05. The van der Waals surface area contributed by atoms with Gasteiger partial charge in [0.1, 0.15) is 5.65 Å². The van der Waals surface area contributed by atoms with Crippen LogP contribution < -0.4 is 15.6 Å². The van der Waals surface area contributed by atoms with Gasteiger partial charge in [0.05, 0.1) is 5.88 Å². The van der Waals surface area contributed by atoms with Gasteiger partial charge in [0.15, 0.2) is 28.0 Å². The lowest BCUT2D eigenvalue weighted by Crippen LogP contribution is -2.40. The number of hydrogen-bond donors (Lipinski definition) is 2. The van der Waals surface area contributed by atoms with Crippen molar-refractivity contribution in [2.24, 2.45) is 7.05 Å². The molecule has 9 nitrogen and oxygen atoms in total. The molecule has 4 rings (SSSR count). The molecule has 3 aromatic rings. The lowest BCUT2D eigenvalue weighted by molar-refractivity contribution is 0.250. The van der Waals surface area contributed by atoms with E-state index in [9.17, 15) is 17.6 Å². The molecule has 1 N–H and O–H groups in total. The number of hydrogen-bond acceptors (Lipinski definition) is 8. The fraction of sp³-hybridized carbons (Fsp3) is 0.350. The molecule has 1 aliphatic heterocycles. The van der Waals surface area contributed by atoms with Crippen LogP contribution in [-0.4, -0.2) is 52.9 Å². The van der Waals surface area contributed by atoms with Crippen LogP contribution in [0.15, 0.2) is 41.3 Å². The number of para-hydroxylation sites is 1. The van der Waals surface area contributed by atoms with Crippen molar-refractivity contribution in [3.63, 3.8) is 0 Å². The minimum Gasteiger partial charge on any atom is -0.448 e. The molecule has 1 aromatic carbocycles. The summed E-state index contributed by atoms with van der Waals surface area (Å²) >= 11 is 0. The van der Waals surface area contributed by atoms with E-state index in [-0.39, 0.29) is 23.4 Å². The Morgan fingerprint density at radius 1 is 1.23 bits per heavy atom. The summed E-state index contributed by atoms with van der Waals surface area (Å²) < 4.78 is 42.5. The number of halogens is 1. The summed E-state index contributed by atoms with van der Waals surface area (Å²) in [5.74, 6) is -0.153. The Morgan fingerprint density at radius 2 is 1.97 bits per heavy atom. The van der Waals surface area contributed by atoms with Crippen LogP contribution in [0.25, 0.3) is 11.0 Å². The zero-order valence-electron chi connectivity index (χ0n) is 16.8. The number of rotatable bonds is 6. The van der Waals surface area contributed by atoms with Crippen LogP contribution in [0.2, 0.25) is 0 Å². The van der Waals surface area contributed by atoms with Gasteiger partial charge < -0.3 is 10.1 Å². The number of piperidine rings is 1. The lowest BCUT2D eigenvalue weighted by atomic mass is 10.1. The first kappa shape index (κ1) is 21.2. The number of likely N-dealkylation sites (tertiary alicyclic amines) is 1. The van der Waals surface area contributed by atoms with E-state index in [1.807, 2.05) is 4.90 Å². The van der Waals surface area contributed by atoms with Gasteiger partial charge in [-0.2, -0.15) is 4.98 Å². The molecule has 31 heavy (non-hydrogen) atoms. The maximum Gasteiger partial charge on any atom is 0.294 e. The van der Waals surface area contributed by atoms with Crippen molar-refractivity contribution >= 4 is 27.7 Å². The third-order valence-corrected chi connectivity index (χ3v) is 5.84. The van der Waals surface area contributed by atoms with Crippen molar-refractivity contribution in [3.8, 4) is 11.5 Å². The Bertz CT molecular complexity index is 1230. The average Bonchev–Trinajstić information content (AvgIpc) is 2.75. The molecule has 0 atom stereocenters. The second-order valence-electron chi connectivity index (χ2n) is 7.39. The Labute approximate surface area is 179 Å². The molecule has 0 aliphatic carbocycles. The van der Waals surface area contributed by atoms with Gasteiger partial charge in [0.2, 0.25) is 5.95 Å². The van der Waals surface area contributed by atoms with E-state index >= 15 is 0 Å². The summed E-state index contributed by atoms with van der Waals surface area (Å²) in [6, 6.07) is 7.47. The predicted octanol–water partition coefficient (Wildman–Crippen LogP) is 1.71. The maximum atomic E-state index is 13.9. The van der Waals surface area contributed by atoms with Crippen molar-refractivity contribution in [2.75, 3.05) is 24.3 Å². The van der Waals surface area contributed by atoms with Gasteiger partial charge in [-0.3, -0.25) is 14.3 Å². The van der Waals surface area contributed by atoms with Crippen molar-refractivity contribution in [2.45, 2.75) is 18.9 Å². The molecule has 0 amide bonds. The highest BCUT2D eigenvalue weighted by molar-refractivity contribution is 7.72. The van der Waals surface area contributed by atoms with E-state index in [4.69, 9.17) is 4.74 Å². The van der Waals surface area contributed by atoms with E-state index in [1.165, 1.54) is 28.8 Å². The normalized spacial score (nSPS) is 15.5. The molecule has 0 unspecified atom stereocenters. The Kier molecular flexibility index (Phi) is 6.14. The monoisotopic (exact) mass is 447 g/mol. The van der Waals surface area contributed by atoms with E-state index in [0.29, 0.717) is 30.1 Å². The zero-order chi connectivity index (χ0) is 22.0. The first-order valence-corrected chi connectivity index (χ1v) is 11.2. The van der Waals surface area contributed by atoms with Crippen molar-refractivity contribution in [1.82, 2.24) is 19.4 Å². The minimum atomic E-state index is -2.42. The van der Waals surface area contributed by atoms with Gasteiger partial charge in [0, 0.05) is 37.8 Å². The number of thiol groups is 1. The number of nitrogens with zero attached hydrogens (tertiary/aromatic N) is 4. The largest absolute Gasteiger partial charge is 0.448 e. The number of aromatic nitrogens is 3. The highest BCUT2D eigenvalue weighted by Crippen LogP contribution is 2.24. The molecule has 1 aliphatic rings. The SMILES string of the molecule is Cn1c(=O)c(Oc2ccccc2F)cc2cnc(NC3CCN(C[SH](=O)=O)CC3)nc21. The smallest absolute Gasteiger partial charge is 0.294 e. The van der Waals surface area contributed by atoms with Gasteiger partial charge in [-0.1, -0.05) is 12.1 Å². The Morgan fingerprint density at radius 3 is 2.68 bits per heavy atom. The topological polar surface area (TPSA) is 106 Å². The van der Waals surface area contributed by atoms with Crippen LogP contribution in [0, 0.1) is 5.82 Å². The fourth-order valence-electron chi connectivity index (χ4n) is 3.57. The van der Waals surface area contributed by atoms with Crippen molar-refractivity contribution < 1.29 is 17.5 Å². The molecule has 0 saturated carbocycles. The predicted molar refractivity (Wildman–Crippen MR) is 115 cm³/mol. The molecule has 164 valence electrons. The third-order valence-electron chi connectivity index (χ3n) is 5.21. The lowest BCUT2D eigenvalue weighted by Gasteiger charge is -2.30. The minimum absolute atomic E-state index is 0.0199. The van der Waals surface area contributed by atoms with E-state index < -0.39 is 22.1 Å². The van der Waals surface area contributed by atoms with Crippen LogP contribution in [0.3, 0.4) is 0 Å².